The zero-order valence-corrected chi connectivity index (χ0v) is 15.6. The number of halogens is 2. The fraction of sp³-hybridized carbons (Fsp3) is 0.429. The Morgan fingerprint density at radius 2 is 2.00 bits per heavy atom. The molecule has 0 saturated carbocycles. The maximum Gasteiger partial charge on any atom is 0.243 e. The molecule has 1 aromatic carbocycles. The molecule has 0 bridgehead atoms. The van der Waals surface area contributed by atoms with Gasteiger partial charge in [-0.2, -0.15) is 4.31 Å². The predicted octanol–water partition coefficient (Wildman–Crippen LogP) is 2.75. The summed E-state index contributed by atoms with van der Waals surface area (Å²) in [6.07, 6.45) is 1.68. The topological polar surface area (TPSA) is 71.5 Å². The van der Waals surface area contributed by atoms with Crippen molar-refractivity contribution in [2.75, 3.05) is 18.1 Å². The van der Waals surface area contributed by atoms with Crippen LogP contribution < -0.4 is 0 Å². The Morgan fingerprint density at radius 1 is 1.35 bits per heavy atom. The molecule has 0 radical (unpaired) electrons. The summed E-state index contributed by atoms with van der Waals surface area (Å²) < 4.78 is 50.8. The standard InChI is InChI=1S/C14H17Cl2NO4S2/c1-3-7-17(14(2)6-8-22(18,19)10-14)23(20,21)11-4-5-12(15)13(16)9-11/h3-5,9H,1,6-8,10H2,2H3/t14-/m0/s1. The summed E-state index contributed by atoms with van der Waals surface area (Å²) in [7, 11) is -7.20. The van der Waals surface area contributed by atoms with Crippen LogP contribution in [0.1, 0.15) is 13.3 Å². The maximum atomic E-state index is 13.0. The number of benzene rings is 1. The van der Waals surface area contributed by atoms with E-state index in [4.69, 9.17) is 23.2 Å². The fourth-order valence-corrected chi connectivity index (χ4v) is 7.07. The van der Waals surface area contributed by atoms with Gasteiger partial charge in [-0.15, -0.1) is 6.58 Å². The van der Waals surface area contributed by atoms with Crippen molar-refractivity contribution in [1.82, 2.24) is 4.31 Å². The van der Waals surface area contributed by atoms with Gasteiger partial charge in [0.1, 0.15) is 0 Å². The molecule has 1 atom stereocenters. The van der Waals surface area contributed by atoms with Gasteiger partial charge in [-0.3, -0.25) is 0 Å². The van der Waals surface area contributed by atoms with Gasteiger partial charge in [-0.25, -0.2) is 16.8 Å². The minimum absolute atomic E-state index is 0.00853. The van der Waals surface area contributed by atoms with Crippen molar-refractivity contribution in [3.05, 3.63) is 40.9 Å². The molecular formula is C14H17Cl2NO4S2. The molecule has 0 aliphatic carbocycles. The summed E-state index contributed by atoms with van der Waals surface area (Å²) >= 11 is 11.7. The van der Waals surface area contributed by atoms with Gasteiger partial charge in [-0.1, -0.05) is 29.3 Å². The third kappa shape index (κ3) is 3.74. The molecule has 0 N–H and O–H groups in total. The van der Waals surface area contributed by atoms with E-state index in [2.05, 4.69) is 6.58 Å². The van der Waals surface area contributed by atoms with Crippen LogP contribution >= 0.6 is 23.2 Å². The first-order valence-corrected chi connectivity index (χ1v) is 10.8. The van der Waals surface area contributed by atoms with Crippen LogP contribution in [0.3, 0.4) is 0 Å². The first-order valence-electron chi connectivity index (χ1n) is 6.81. The minimum Gasteiger partial charge on any atom is -0.229 e. The maximum absolute atomic E-state index is 13.0. The van der Waals surface area contributed by atoms with Crippen LogP contribution in [0.2, 0.25) is 10.0 Å². The quantitative estimate of drug-likeness (QED) is 0.715. The van der Waals surface area contributed by atoms with Crippen LogP contribution in [0.5, 0.6) is 0 Å². The Labute approximate surface area is 146 Å². The highest BCUT2D eigenvalue weighted by Crippen LogP contribution is 2.35. The second kappa shape index (κ2) is 6.37. The largest absolute Gasteiger partial charge is 0.243 e. The molecule has 1 aliphatic heterocycles. The Morgan fingerprint density at radius 3 is 2.48 bits per heavy atom. The summed E-state index contributed by atoms with van der Waals surface area (Å²) in [5.41, 5.74) is -1.02. The summed E-state index contributed by atoms with van der Waals surface area (Å²) in [6, 6.07) is 4.02. The molecule has 23 heavy (non-hydrogen) atoms. The molecule has 0 aromatic heterocycles. The summed E-state index contributed by atoms with van der Waals surface area (Å²) in [6.45, 7) is 5.22. The average molecular weight is 398 g/mol. The second-order valence-electron chi connectivity index (χ2n) is 5.74. The molecule has 1 heterocycles. The first-order chi connectivity index (χ1) is 10.5. The van der Waals surface area contributed by atoms with Crippen molar-refractivity contribution in [1.29, 1.82) is 0 Å². The van der Waals surface area contributed by atoms with E-state index in [1.807, 2.05) is 0 Å². The number of hydrogen-bond acceptors (Lipinski definition) is 4. The van der Waals surface area contributed by atoms with Crippen LogP contribution in [0.15, 0.2) is 35.7 Å². The van der Waals surface area contributed by atoms with E-state index in [0.29, 0.717) is 0 Å². The highest BCUT2D eigenvalue weighted by molar-refractivity contribution is 7.92. The molecule has 128 valence electrons. The van der Waals surface area contributed by atoms with Gasteiger partial charge in [-0.05, 0) is 31.5 Å². The van der Waals surface area contributed by atoms with E-state index in [1.165, 1.54) is 28.6 Å². The predicted molar refractivity (Wildman–Crippen MR) is 92.2 cm³/mol. The molecular weight excluding hydrogens is 381 g/mol. The first kappa shape index (κ1) is 18.7. The van der Waals surface area contributed by atoms with Crippen LogP contribution in [0.25, 0.3) is 0 Å². The third-order valence-electron chi connectivity index (χ3n) is 3.86. The van der Waals surface area contributed by atoms with Crippen molar-refractivity contribution in [2.45, 2.75) is 23.8 Å². The molecule has 9 heteroatoms. The molecule has 5 nitrogen and oxygen atoms in total. The fourth-order valence-electron chi connectivity index (χ4n) is 2.68. The van der Waals surface area contributed by atoms with Gasteiger partial charge in [0.25, 0.3) is 0 Å². The normalized spacial score (nSPS) is 24.0. The zero-order valence-electron chi connectivity index (χ0n) is 12.5. The van der Waals surface area contributed by atoms with Gasteiger partial charge >= 0.3 is 0 Å². The molecule has 0 amide bonds. The number of rotatable bonds is 5. The van der Waals surface area contributed by atoms with Gasteiger partial charge in [0, 0.05) is 12.1 Å². The molecule has 0 spiro atoms. The number of sulfonamides is 1. The number of hydrogen-bond donors (Lipinski definition) is 0. The van der Waals surface area contributed by atoms with E-state index < -0.39 is 25.4 Å². The van der Waals surface area contributed by atoms with Crippen molar-refractivity contribution >= 4 is 43.1 Å². The molecule has 1 fully saturated rings. The van der Waals surface area contributed by atoms with E-state index in [0.717, 1.165) is 0 Å². The lowest BCUT2D eigenvalue weighted by Gasteiger charge is -2.35. The SMILES string of the molecule is C=CCN([C@@]1(C)CCS(=O)(=O)C1)S(=O)(=O)c1ccc(Cl)c(Cl)c1. The van der Waals surface area contributed by atoms with Crippen molar-refractivity contribution in [3.8, 4) is 0 Å². The van der Waals surface area contributed by atoms with E-state index >= 15 is 0 Å². The number of nitrogens with zero attached hydrogens (tertiary/aromatic N) is 1. The smallest absolute Gasteiger partial charge is 0.229 e. The van der Waals surface area contributed by atoms with Gasteiger partial charge in [0.2, 0.25) is 10.0 Å². The highest BCUT2D eigenvalue weighted by Gasteiger charge is 2.47. The molecule has 2 rings (SSSR count). The zero-order chi connectivity index (χ0) is 17.5. The lowest BCUT2D eigenvalue weighted by Crippen LogP contribution is -2.50. The van der Waals surface area contributed by atoms with Crippen molar-refractivity contribution in [3.63, 3.8) is 0 Å². The number of sulfone groups is 1. The summed E-state index contributed by atoms with van der Waals surface area (Å²) in [4.78, 5) is -0.0285. The van der Waals surface area contributed by atoms with Gasteiger partial charge in [0.15, 0.2) is 9.84 Å². The minimum atomic E-state index is -3.94. The molecule has 1 aliphatic rings. The lowest BCUT2D eigenvalue weighted by atomic mass is 10.0. The Hall–Kier alpha value is -0.600. The Bertz CT molecular complexity index is 836. The summed E-state index contributed by atoms with van der Waals surface area (Å²) in [5, 5.41) is 0.367. The summed E-state index contributed by atoms with van der Waals surface area (Å²) in [5.74, 6) is -0.248. The highest BCUT2D eigenvalue weighted by atomic mass is 35.5. The third-order valence-corrected chi connectivity index (χ3v) is 8.51. The molecule has 1 aromatic rings. The van der Waals surface area contributed by atoms with Crippen LogP contribution in [-0.4, -0.2) is 44.7 Å². The van der Waals surface area contributed by atoms with Crippen LogP contribution in [-0.2, 0) is 19.9 Å². The molecule has 1 saturated heterocycles. The van der Waals surface area contributed by atoms with Crippen LogP contribution in [0.4, 0.5) is 0 Å². The Balaban J connectivity index is 2.52. The van der Waals surface area contributed by atoms with E-state index in [1.54, 1.807) is 6.92 Å². The second-order valence-corrected chi connectivity index (χ2v) is 10.6. The van der Waals surface area contributed by atoms with Crippen molar-refractivity contribution < 1.29 is 16.8 Å². The van der Waals surface area contributed by atoms with Crippen LogP contribution in [0, 0.1) is 0 Å². The van der Waals surface area contributed by atoms with E-state index in [9.17, 15) is 16.8 Å². The monoisotopic (exact) mass is 397 g/mol. The van der Waals surface area contributed by atoms with E-state index in [-0.39, 0.29) is 39.4 Å². The van der Waals surface area contributed by atoms with Gasteiger partial charge < -0.3 is 0 Å². The Kier molecular flexibility index (Phi) is 5.19. The van der Waals surface area contributed by atoms with Gasteiger partial charge in [0.05, 0.1) is 26.4 Å². The lowest BCUT2D eigenvalue weighted by molar-refractivity contribution is 0.252. The molecule has 0 unspecified atom stereocenters. The van der Waals surface area contributed by atoms with Crippen molar-refractivity contribution in [2.24, 2.45) is 0 Å². The average Bonchev–Trinajstić information content (AvgIpc) is 2.73.